The van der Waals surface area contributed by atoms with E-state index in [1.807, 2.05) is 19.9 Å². The van der Waals surface area contributed by atoms with E-state index in [2.05, 4.69) is 21.3 Å². The first-order valence-electron chi connectivity index (χ1n) is 22.8. The molecule has 19 nitrogen and oxygen atoms in total. The standard InChI is InChI=1S/C48H49ClFN7O12S2/c1-48(2)17-27(52-26-6-3-5-25(16-26)42-40(49)41(69-22-38(60)61)43(70-42)47(65)66)13-14-57(48)71(67,68)23-24-9-10-32(50)34(15-24)53-45(63)39-30-19-55(20-31(30)39)37(59)18-51-33-8-4-7-28-29(33)21-56(46(28)64)35-11-12-36(58)54-44(35)62/h3-10,15-16,27,30-31,35,39,51-52H,11-14,17-23H2,1-2H3,(H,53,63)(H,60,61)(H,65,66)(H,54,58,62)/t27-,30-,31+,35?,39?/m0/s1. The van der Waals surface area contributed by atoms with Crippen molar-refractivity contribution in [3.8, 4) is 16.2 Å². The molecule has 6 N–H and O–H groups in total. The van der Waals surface area contributed by atoms with Gasteiger partial charge in [0.1, 0.15) is 16.9 Å². The molecule has 71 heavy (non-hydrogen) atoms. The molecule has 0 bridgehead atoms. The van der Waals surface area contributed by atoms with Crippen molar-refractivity contribution >= 4 is 91.5 Å². The van der Waals surface area contributed by atoms with Crippen molar-refractivity contribution in [1.82, 2.24) is 19.4 Å². The summed E-state index contributed by atoms with van der Waals surface area (Å²) in [6.07, 6.45) is 1.20. The third-order valence-corrected chi connectivity index (χ3v) is 17.5. The second kappa shape index (κ2) is 19.2. The first kappa shape index (κ1) is 49.4. The number of aromatic carboxylic acids is 1. The number of carboxylic acid groups (broad SMARTS) is 2. The number of aliphatic carboxylic acids is 1. The number of nitrogens with one attached hydrogen (secondary N) is 4. The minimum absolute atomic E-state index is 0.0296. The normalized spacial score (nSPS) is 22.6. The molecule has 0 spiro atoms. The average Bonchev–Trinajstić information content (AvgIpc) is 3.52. The van der Waals surface area contributed by atoms with Crippen LogP contribution in [0.3, 0.4) is 0 Å². The number of hydrogen-bond donors (Lipinski definition) is 6. The molecule has 3 saturated heterocycles. The summed E-state index contributed by atoms with van der Waals surface area (Å²) in [5.41, 5.74) is 2.14. The number of piperidine rings is 3. The predicted molar refractivity (Wildman–Crippen MR) is 258 cm³/mol. The maximum Gasteiger partial charge on any atom is 0.349 e. The number of ether oxygens (including phenoxy) is 1. The zero-order chi connectivity index (χ0) is 50.7. The molecule has 4 fully saturated rings. The third-order valence-electron chi connectivity index (χ3n) is 13.8. The molecule has 1 aliphatic carbocycles. The van der Waals surface area contributed by atoms with E-state index in [4.69, 9.17) is 21.4 Å². The number of carbonyl (C=O) groups excluding carboxylic acids is 5. The Hall–Kier alpha value is -6.62. The zero-order valence-electron chi connectivity index (χ0n) is 38.3. The first-order valence-corrected chi connectivity index (χ1v) is 25.6. The quantitative estimate of drug-likeness (QED) is 0.0802. The van der Waals surface area contributed by atoms with Crippen LogP contribution in [-0.2, 0) is 46.3 Å². The number of rotatable bonds is 16. The number of thiophene rings is 1. The molecule has 5 heterocycles. The van der Waals surface area contributed by atoms with Crippen molar-refractivity contribution in [1.29, 1.82) is 0 Å². The molecule has 3 aromatic carbocycles. The van der Waals surface area contributed by atoms with Crippen LogP contribution in [0.5, 0.6) is 5.75 Å². The Bertz CT molecular complexity index is 3010. The average molecular weight is 1030 g/mol. The lowest BCUT2D eigenvalue weighted by atomic mass is 9.89. The highest BCUT2D eigenvalue weighted by atomic mass is 35.5. The van der Waals surface area contributed by atoms with Crippen LogP contribution in [0.2, 0.25) is 5.02 Å². The van der Waals surface area contributed by atoms with Crippen LogP contribution in [-0.4, -0.2) is 125 Å². The van der Waals surface area contributed by atoms with Crippen LogP contribution in [0.4, 0.5) is 21.5 Å². The van der Waals surface area contributed by atoms with Gasteiger partial charge in [-0.15, -0.1) is 11.3 Å². The summed E-state index contributed by atoms with van der Waals surface area (Å²) < 4.78 is 49.9. The number of sulfonamides is 1. The lowest BCUT2D eigenvalue weighted by molar-refractivity contribution is -0.139. The minimum atomic E-state index is -3.96. The fraction of sp³-hybridized carbons (Fsp3) is 0.396. The van der Waals surface area contributed by atoms with E-state index >= 15 is 4.39 Å². The number of carboxylic acids is 2. The van der Waals surface area contributed by atoms with Gasteiger partial charge in [-0.3, -0.25) is 29.3 Å². The number of carbonyl (C=O) groups is 7. The molecule has 5 amide bonds. The molecule has 5 aliphatic rings. The molecular weight excluding hydrogens is 985 g/mol. The van der Waals surface area contributed by atoms with E-state index in [1.54, 1.807) is 41.3 Å². The number of hydrogen-bond acceptors (Lipinski definition) is 13. The number of amides is 5. The van der Waals surface area contributed by atoms with Crippen molar-refractivity contribution in [3.63, 3.8) is 0 Å². The maximum absolute atomic E-state index is 15.2. The molecule has 9 rings (SSSR count). The van der Waals surface area contributed by atoms with Crippen molar-refractivity contribution in [2.45, 2.75) is 69.5 Å². The maximum atomic E-state index is 15.2. The molecule has 23 heteroatoms. The van der Waals surface area contributed by atoms with Gasteiger partial charge in [-0.05, 0) is 92.5 Å². The van der Waals surface area contributed by atoms with Gasteiger partial charge in [0.15, 0.2) is 17.2 Å². The Kier molecular flexibility index (Phi) is 13.3. The van der Waals surface area contributed by atoms with Gasteiger partial charge >= 0.3 is 11.9 Å². The number of fused-ring (bicyclic) bond motifs is 2. The summed E-state index contributed by atoms with van der Waals surface area (Å²) >= 11 is 7.36. The predicted octanol–water partition coefficient (Wildman–Crippen LogP) is 5.07. The summed E-state index contributed by atoms with van der Waals surface area (Å²) in [5.74, 6) is -6.61. The van der Waals surface area contributed by atoms with E-state index in [0.717, 1.165) is 17.4 Å². The molecule has 1 aromatic heterocycles. The van der Waals surface area contributed by atoms with Crippen LogP contribution in [0.15, 0.2) is 60.7 Å². The van der Waals surface area contributed by atoms with Crippen LogP contribution < -0.4 is 26.0 Å². The van der Waals surface area contributed by atoms with E-state index in [0.29, 0.717) is 58.9 Å². The van der Waals surface area contributed by atoms with Gasteiger partial charge in [-0.25, -0.2) is 22.4 Å². The molecule has 374 valence electrons. The summed E-state index contributed by atoms with van der Waals surface area (Å²) in [7, 11) is -3.96. The van der Waals surface area contributed by atoms with E-state index < -0.39 is 69.5 Å². The lowest BCUT2D eigenvalue weighted by Crippen LogP contribution is -2.55. The van der Waals surface area contributed by atoms with E-state index in [9.17, 15) is 47.1 Å². The summed E-state index contributed by atoms with van der Waals surface area (Å²) in [4.78, 5) is 90.4. The van der Waals surface area contributed by atoms with Gasteiger partial charge in [0.25, 0.3) is 5.91 Å². The topological polar surface area (TPSA) is 261 Å². The van der Waals surface area contributed by atoms with Crippen LogP contribution in [0.1, 0.15) is 70.7 Å². The highest BCUT2D eigenvalue weighted by molar-refractivity contribution is 7.88. The largest absolute Gasteiger partial charge is 0.479 e. The number of nitrogens with zero attached hydrogens (tertiary/aromatic N) is 3. The summed E-state index contributed by atoms with van der Waals surface area (Å²) in [6.45, 7) is 3.74. The van der Waals surface area contributed by atoms with Crippen LogP contribution >= 0.6 is 22.9 Å². The Morgan fingerprint density at radius 2 is 1.73 bits per heavy atom. The Morgan fingerprint density at radius 1 is 0.986 bits per heavy atom. The molecule has 5 atom stereocenters. The molecule has 2 unspecified atom stereocenters. The van der Waals surface area contributed by atoms with Gasteiger partial charge < -0.3 is 40.7 Å². The van der Waals surface area contributed by atoms with Gasteiger partial charge in [0.05, 0.1) is 22.9 Å². The molecule has 0 radical (unpaired) electrons. The fourth-order valence-electron chi connectivity index (χ4n) is 10.4. The molecule has 4 aliphatic heterocycles. The summed E-state index contributed by atoms with van der Waals surface area (Å²) in [5, 5.41) is 30.3. The molecule has 1 saturated carbocycles. The van der Waals surface area contributed by atoms with Gasteiger partial charge in [-0.1, -0.05) is 35.9 Å². The van der Waals surface area contributed by atoms with E-state index in [-0.39, 0.29) is 95.0 Å². The lowest BCUT2D eigenvalue weighted by Gasteiger charge is -2.45. The van der Waals surface area contributed by atoms with Crippen molar-refractivity contribution in [3.05, 3.63) is 93.1 Å². The highest BCUT2D eigenvalue weighted by Gasteiger charge is 2.60. The Balaban J connectivity index is 0.764. The van der Waals surface area contributed by atoms with Crippen LogP contribution in [0, 0.1) is 23.6 Å². The summed E-state index contributed by atoms with van der Waals surface area (Å²) in [6, 6.07) is 15.0. The smallest absolute Gasteiger partial charge is 0.349 e. The second-order valence-corrected chi connectivity index (χ2v) is 22.3. The van der Waals surface area contributed by atoms with Crippen molar-refractivity contribution in [2.75, 3.05) is 48.7 Å². The third kappa shape index (κ3) is 10.0. The van der Waals surface area contributed by atoms with Gasteiger partial charge in [0.2, 0.25) is 33.7 Å². The van der Waals surface area contributed by atoms with Crippen molar-refractivity contribution < 1.29 is 61.3 Å². The molecule has 4 aromatic rings. The zero-order valence-corrected chi connectivity index (χ0v) is 40.7. The monoisotopic (exact) mass is 1030 g/mol. The fourth-order valence-corrected chi connectivity index (χ4v) is 13.8. The number of imide groups is 1. The Labute approximate surface area is 415 Å². The Morgan fingerprint density at radius 3 is 2.44 bits per heavy atom. The van der Waals surface area contributed by atoms with E-state index in [1.165, 1.54) is 21.3 Å². The number of anilines is 3. The second-order valence-electron chi connectivity index (χ2n) is 19.0. The first-order chi connectivity index (χ1) is 33.7. The SMILES string of the molecule is CC1(C)C[C@@H](Nc2cccc(-c3sc(C(=O)O)c(OCC(=O)O)c3Cl)c2)CCN1S(=O)(=O)Cc1ccc(F)c(NC(=O)C2[C@H]3CN(C(=O)CNc4cccc5c4CN(C4CCC(=O)NC4=O)C5=O)C[C@@H]23)c1. The van der Waals surface area contributed by atoms with Crippen LogP contribution in [0.25, 0.3) is 10.4 Å². The molecular formula is C48H49ClFN7O12S2. The minimum Gasteiger partial charge on any atom is -0.479 e. The highest BCUT2D eigenvalue weighted by Crippen LogP contribution is 2.52. The number of halogens is 2. The van der Waals surface area contributed by atoms with Crippen molar-refractivity contribution in [2.24, 2.45) is 17.8 Å². The number of benzene rings is 3. The number of likely N-dealkylation sites (tertiary alicyclic amines) is 1. The van der Waals surface area contributed by atoms with Gasteiger partial charge in [-0.2, -0.15) is 4.31 Å². The van der Waals surface area contributed by atoms with Gasteiger partial charge in [0, 0.05) is 72.6 Å².